The molecule has 1 aliphatic rings. The first kappa shape index (κ1) is 10.9. The Balaban J connectivity index is 2.12. The van der Waals surface area contributed by atoms with Crippen LogP contribution in [0.4, 0.5) is 5.69 Å². The van der Waals surface area contributed by atoms with E-state index in [1.807, 2.05) is 4.90 Å². The molecule has 2 N–H and O–H groups in total. The number of amides is 1. The Morgan fingerprint density at radius 3 is 3.06 bits per heavy atom. The maximum absolute atomic E-state index is 12.1. The lowest BCUT2D eigenvalue weighted by atomic mass is 10.00. The van der Waals surface area contributed by atoms with Gasteiger partial charge in [-0.05, 0) is 24.8 Å². The molecule has 0 radical (unpaired) electrons. The second-order valence-corrected chi connectivity index (χ2v) is 4.51. The molecule has 1 aliphatic heterocycles. The summed E-state index contributed by atoms with van der Waals surface area (Å²) in [5.41, 5.74) is 6.75. The van der Waals surface area contributed by atoms with E-state index in [0.717, 1.165) is 19.5 Å². The predicted molar refractivity (Wildman–Crippen MR) is 63.0 cm³/mol. The van der Waals surface area contributed by atoms with Crippen LogP contribution < -0.4 is 5.73 Å². The maximum atomic E-state index is 12.1. The minimum atomic E-state index is 0.0475. The highest BCUT2D eigenvalue weighted by Gasteiger charge is 2.22. The topological polar surface area (TPSA) is 59.2 Å². The van der Waals surface area contributed by atoms with E-state index in [-0.39, 0.29) is 5.91 Å². The average Bonchev–Trinajstić information content (AvgIpc) is 2.28. The largest absolute Gasteiger partial charge is 0.397 e. The standard InChI is InChI=1S/C12H17N3O/c1-9-3-2-4-15(8-9)12(16)10-5-11(13)7-14-6-10/h5-7,9H,2-4,8,13H2,1H3/t9-/m1/s1. The van der Waals surface area contributed by atoms with Crippen LogP contribution in [-0.4, -0.2) is 28.9 Å². The third kappa shape index (κ3) is 2.32. The molecule has 0 bridgehead atoms. The van der Waals surface area contributed by atoms with Gasteiger partial charge in [0.2, 0.25) is 0 Å². The summed E-state index contributed by atoms with van der Waals surface area (Å²) in [6.45, 7) is 3.86. The summed E-state index contributed by atoms with van der Waals surface area (Å²) in [6, 6.07) is 1.69. The Hall–Kier alpha value is -1.58. The molecule has 2 heterocycles. The summed E-state index contributed by atoms with van der Waals surface area (Å²) in [4.78, 5) is 18.0. The molecule has 1 atom stereocenters. The summed E-state index contributed by atoms with van der Waals surface area (Å²) in [7, 11) is 0. The molecule has 0 aliphatic carbocycles. The lowest BCUT2D eigenvalue weighted by Crippen LogP contribution is -2.39. The van der Waals surface area contributed by atoms with Crippen molar-refractivity contribution >= 4 is 11.6 Å². The van der Waals surface area contributed by atoms with Crippen molar-refractivity contribution in [3.8, 4) is 0 Å². The molecule has 1 aromatic heterocycles. The zero-order valence-corrected chi connectivity index (χ0v) is 9.52. The molecule has 16 heavy (non-hydrogen) atoms. The van der Waals surface area contributed by atoms with E-state index >= 15 is 0 Å². The van der Waals surface area contributed by atoms with Crippen molar-refractivity contribution < 1.29 is 4.79 Å². The molecule has 1 aromatic rings. The van der Waals surface area contributed by atoms with Crippen LogP contribution in [0.1, 0.15) is 30.1 Å². The molecule has 86 valence electrons. The summed E-state index contributed by atoms with van der Waals surface area (Å²) >= 11 is 0. The van der Waals surface area contributed by atoms with Gasteiger partial charge in [0.05, 0.1) is 11.3 Å². The van der Waals surface area contributed by atoms with Crippen LogP contribution >= 0.6 is 0 Å². The Morgan fingerprint density at radius 2 is 2.38 bits per heavy atom. The number of piperidine rings is 1. The molecular formula is C12H17N3O. The number of nitrogens with zero attached hydrogens (tertiary/aromatic N) is 2. The van der Waals surface area contributed by atoms with Crippen molar-refractivity contribution in [1.82, 2.24) is 9.88 Å². The van der Waals surface area contributed by atoms with Gasteiger partial charge in [-0.2, -0.15) is 0 Å². The summed E-state index contributed by atoms with van der Waals surface area (Å²) in [5, 5.41) is 0. The van der Waals surface area contributed by atoms with Crippen LogP contribution in [0, 0.1) is 5.92 Å². The van der Waals surface area contributed by atoms with Gasteiger partial charge in [0.15, 0.2) is 0 Å². The molecule has 0 aromatic carbocycles. The minimum absolute atomic E-state index is 0.0475. The number of aromatic nitrogens is 1. The van der Waals surface area contributed by atoms with Crippen LogP contribution in [0.3, 0.4) is 0 Å². The molecule has 0 saturated carbocycles. The first-order valence-corrected chi connectivity index (χ1v) is 5.66. The number of hydrogen-bond acceptors (Lipinski definition) is 3. The quantitative estimate of drug-likeness (QED) is 0.779. The van der Waals surface area contributed by atoms with Gasteiger partial charge in [-0.3, -0.25) is 9.78 Å². The van der Waals surface area contributed by atoms with Crippen LogP contribution in [0.15, 0.2) is 18.5 Å². The molecule has 1 fully saturated rings. The zero-order chi connectivity index (χ0) is 11.5. The fourth-order valence-corrected chi connectivity index (χ4v) is 2.13. The first-order valence-electron chi connectivity index (χ1n) is 5.66. The van der Waals surface area contributed by atoms with E-state index in [4.69, 9.17) is 5.73 Å². The Kier molecular flexibility index (Phi) is 3.08. The molecule has 1 amide bonds. The zero-order valence-electron chi connectivity index (χ0n) is 9.52. The van der Waals surface area contributed by atoms with E-state index in [9.17, 15) is 4.79 Å². The monoisotopic (exact) mass is 219 g/mol. The molecule has 0 spiro atoms. The number of hydrogen-bond donors (Lipinski definition) is 1. The van der Waals surface area contributed by atoms with Crippen molar-refractivity contribution in [3.63, 3.8) is 0 Å². The Labute approximate surface area is 95.5 Å². The number of nitrogen functional groups attached to an aromatic ring is 1. The van der Waals surface area contributed by atoms with Crippen molar-refractivity contribution in [1.29, 1.82) is 0 Å². The molecule has 4 heteroatoms. The number of carbonyl (C=O) groups excluding carboxylic acids is 1. The lowest BCUT2D eigenvalue weighted by molar-refractivity contribution is 0.0682. The lowest BCUT2D eigenvalue weighted by Gasteiger charge is -2.30. The average molecular weight is 219 g/mol. The normalized spacial score (nSPS) is 20.8. The molecule has 1 saturated heterocycles. The number of pyridine rings is 1. The van der Waals surface area contributed by atoms with Crippen LogP contribution in [-0.2, 0) is 0 Å². The van der Waals surface area contributed by atoms with Crippen LogP contribution in [0.5, 0.6) is 0 Å². The highest BCUT2D eigenvalue weighted by Crippen LogP contribution is 2.18. The van der Waals surface area contributed by atoms with Gasteiger partial charge < -0.3 is 10.6 Å². The predicted octanol–water partition coefficient (Wildman–Crippen LogP) is 1.54. The van der Waals surface area contributed by atoms with Gasteiger partial charge in [-0.15, -0.1) is 0 Å². The van der Waals surface area contributed by atoms with Crippen LogP contribution in [0.25, 0.3) is 0 Å². The van der Waals surface area contributed by atoms with Gasteiger partial charge in [0, 0.05) is 25.5 Å². The van der Waals surface area contributed by atoms with Gasteiger partial charge >= 0.3 is 0 Å². The van der Waals surface area contributed by atoms with E-state index in [1.54, 1.807) is 18.5 Å². The van der Waals surface area contributed by atoms with Crippen molar-refractivity contribution in [2.45, 2.75) is 19.8 Å². The highest BCUT2D eigenvalue weighted by atomic mass is 16.2. The number of carbonyl (C=O) groups is 1. The van der Waals surface area contributed by atoms with E-state index in [2.05, 4.69) is 11.9 Å². The second-order valence-electron chi connectivity index (χ2n) is 4.51. The second kappa shape index (κ2) is 4.51. The number of likely N-dealkylation sites (tertiary alicyclic amines) is 1. The maximum Gasteiger partial charge on any atom is 0.255 e. The fourth-order valence-electron chi connectivity index (χ4n) is 2.13. The number of rotatable bonds is 1. The van der Waals surface area contributed by atoms with Crippen molar-refractivity contribution in [2.24, 2.45) is 5.92 Å². The first-order chi connectivity index (χ1) is 7.66. The molecule has 4 nitrogen and oxygen atoms in total. The summed E-state index contributed by atoms with van der Waals surface area (Å²) < 4.78 is 0. The van der Waals surface area contributed by atoms with Crippen molar-refractivity contribution in [3.05, 3.63) is 24.0 Å². The molecule has 0 unspecified atom stereocenters. The highest BCUT2D eigenvalue weighted by molar-refractivity contribution is 5.94. The number of anilines is 1. The number of nitrogens with two attached hydrogens (primary N) is 1. The third-order valence-electron chi connectivity index (χ3n) is 2.95. The van der Waals surface area contributed by atoms with E-state index in [1.165, 1.54) is 6.42 Å². The Bertz CT molecular complexity index is 392. The smallest absolute Gasteiger partial charge is 0.255 e. The fraction of sp³-hybridized carbons (Fsp3) is 0.500. The molecule has 2 rings (SSSR count). The van der Waals surface area contributed by atoms with Crippen LogP contribution in [0.2, 0.25) is 0 Å². The summed E-state index contributed by atoms with van der Waals surface area (Å²) in [5.74, 6) is 0.637. The SMILES string of the molecule is C[C@@H]1CCCN(C(=O)c2cncc(N)c2)C1. The third-order valence-corrected chi connectivity index (χ3v) is 2.95. The molecular weight excluding hydrogens is 202 g/mol. The van der Waals surface area contributed by atoms with Gasteiger partial charge in [-0.25, -0.2) is 0 Å². The van der Waals surface area contributed by atoms with E-state index in [0.29, 0.717) is 17.2 Å². The summed E-state index contributed by atoms with van der Waals surface area (Å²) in [6.07, 6.45) is 5.43. The minimum Gasteiger partial charge on any atom is -0.397 e. The Morgan fingerprint density at radius 1 is 1.56 bits per heavy atom. The van der Waals surface area contributed by atoms with Gasteiger partial charge in [0.25, 0.3) is 5.91 Å². The van der Waals surface area contributed by atoms with Gasteiger partial charge in [0.1, 0.15) is 0 Å². The van der Waals surface area contributed by atoms with E-state index < -0.39 is 0 Å². The van der Waals surface area contributed by atoms with Gasteiger partial charge in [-0.1, -0.05) is 6.92 Å². The van der Waals surface area contributed by atoms with Crippen molar-refractivity contribution in [2.75, 3.05) is 18.8 Å².